The molecule has 0 saturated carbocycles. The number of aromatic nitrogens is 1. The van der Waals surface area contributed by atoms with Crippen LogP contribution in [0.2, 0.25) is 5.02 Å². The SMILES string of the molecule is N[C@H](C(=O)Nc1cncc(F)c1CC[C@@H]1CNCC2(CCOCC2)O1)C(c1ccc(Cl)cc1)C1CCOCC1. The first-order valence-corrected chi connectivity index (χ1v) is 14.3. The van der Waals surface area contributed by atoms with Crippen LogP contribution in [0.15, 0.2) is 36.7 Å². The Labute approximate surface area is 234 Å². The van der Waals surface area contributed by atoms with Crippen molar-refractivity contribution in [3.8, 4) is 0 Å². The van der Waals surface area contributed by atoms with Gasteiger partial charge in [-0.25, -0.2) is 4.39 Å². The third kappa shape index (κ3) is 6.96. The van der Waals surface area contributed by atoms with Crippen molar-refractivity contribution in [3.63, 3.8) is 0 Å². The number of morpholine rings is 1. The van der Waals surface area contributed by atoms with Crippen LogP contribution in [0.1, 0.15) is 49.1 Å². The molecule has 3 aliphatic rings. The molecule has 3 atom stereocenters. The normalized spacial score (nSPS) is 23.3. The van der Waals surface area contributed by atoms with Crippen LogP contribution in [0.5, 0.6) is 0 Å². The second kappa shape index (κ2) is 13.0. The molecule has 0 bridgehead atoms. The molecule has 3 aliphatic heterocycles. The summed E-state index contributed by atoms with van der Waals surface area (Å²) in [6.45, 7) is 4.15. The lowest BCUT2D eigenvalue weighted by Crippen LogP contribution is -2.56. The number of ether oxygens (including phenoxy) is 3. The predicted octanol–water partition coefficient (Wildman–Crippen LogP) is 3.82. The van der Waals surface area contributed by atoms with Crippen molar-refractivity contribution in [2.45, 2.75) is 62.2 Å². The molecule has 1 aromatic heterocycles. The topological polar surface area (TPSA) is 108 Å². The molecular formula is C29H38ClFN4O4. The van der Waals surface area contributed by atoms with Gasteiger partial charge in [-0.05, 0) is 49.3 Å². The third-order valence-electron chi connectivity index (χ3n) is 8.34. The molecule has 212 valence electrons. The summed E-state index contributed by atoms with van der Waals surface area (Å²) in [6, 6.07) is 6.64. The van der Waals surface area contributed by atoms with Gasteiger partial charge in [0.2, 0.25) is 5.91 Å². The first kappa shape index (κ1) is 28.4. The summed E-state index contributed by atoms with van der Waals surface area (Å²) in [5.74, 6) is -0.871. The first-order valence-electron chi connectivity index (χ1n) is 13.9. The first-order chi connectivity index (χ1) is 18.9. The zero-order chi connectivity index (χ0) is 27.2. The minimum atomic E-state index is -0.843. The molecule has 3 fully saturated rings. The van der Waals surface area contributed by atoms with Gasteiger partial charge in [0.1, 0.15) is 5.82 Å². The van der Waals surface area contributed by atoms with Gasteiger partial charge in [0.15, 0.2) is 0 Å². The van der Waals surface area contributed by atoms with Crippen molar-refractivity contribution in [3.05, 3.63) is 58.6 Å². The maximum atomic E-state index is 15.0. The number of nitrogens with zero attached hydrogens (tertiary/aromatic N) is 1. The van der Waals surface area contributed by atoms with Gasteiger partial charge >= 0.3 is 0 Å². The van der Waals surface area contributed by atoms with Crippen molar-refractivity contribution < 1.29 is 23.4 Å². The molecular weight excluding hydrogens is 523 g/mol. The molecule has 1 unspecified atom stereocenters. The van der Waals surface area contributed by atoms with Crippen LogP contribution in [0, 0.1) is 11.7 Å². The summed E-state index contributed by atoms with van der Waals surface area (Å²) < 4.78 is 32.6. The van der Waals surface area contributed by atoms with Crippen LogP contribution in [-0.2, 0) is 25.4 Å². The summed E-state index contributed by atoms with van der Waals surface area (Å²) in [5.41, 5.74) is 8.13. The van der Waals surface area contributed by atoms with Crippen LogP contribution in [0.4, 0.5) is 10.1 Å². The number of carbonyl (C=O) groups is 1. The van der Waals surface area contributed by atoms with Crippen molar-refractivity contribution in [1.82, 2.24) is 10.3 Å². The second-order valence-electron chi connectivity index (χ2n) is 10.9. The van der Waals surface area contributed by atoms with E-state index in [9.17, 15) is 4.79 Å². The highest BCUT2D eigenvalue weighted by molar-refractivity contribution is 6.30. The molecule has 10 heteroatoms. The second-order valence-corrected chi connectivity index (χ2v) is 11.3. The van der Waals surface area contributed by atoms with Crippen molar-refractivity contribution in [1.29, 1.82) is 0 Å². The van der Waals surface area contributed by atoms with E-state index in [0.29, 0.717) is 62.1 Å². The fourth-order valence-electron chi connectivity index (χ4n) is 6.14. The van der Waals surface area contributed by atoms with Gasteiger partial charge in [0, 0.05) is 68.9 Å². The molecule has 3 saturated heterocycles. The number of pyridine rings is 1. The molecule has 4 N–H and O–H groups in total. The minimum absolute atomic E-state index is 0.0574. The van der Waals surface area contributed by atoms with E-state index in [2.05, 4.69) is 15.6 Å². The van der Waals surface area contributed by atoms with Gasteiger partial charge in [-0.2, -0.15) is 0 Å². The Balaban J connectivity index is 1.28. The van der Waals surface area contributed by atoms with Gasteiger partial charge in [-0.15, -0.1) is 0 Å². The zero-order valence-electron chi connectivity index (χ0n) is 22.2. The molecule has 2 aromatic rings. The molecule has 4 heterocycles. The number of nitrogens with one attached hydrogen (secondary N) is 2. The van der Waals surface area contributed by atoms with Gasteiger partial charge in [-0.1, -0.05) is 23.7 Å². The average molecular weight is 561 g/mol. The molecule has 1 amide bonds. The number of carbonyl (C=O) groups excluding carboxylic acids is 1. The Morgan fingerprint density at radius 3 is 2.62 bits per heavy atom. The standard InChI is InChI=1S/C29H38ClFN4O4/c30-21-3-1-19(2-4-21)26(20-7-11-37-12-8-20)27(32)28(36)35-25-17-33-16-24(31)23(25)6-5-22-15-34-18-29(39-22)9-13-38-14-10-29/h1-4,16-17,20,22,26-27,34H,5-15,18,32H2,(H,35,36)/t22-,26?,27+/m1/s1. The number of hydrogen-bond donors (Lipinski definition) is 3. The quantitative estimate of drug-likeness (QED) is 0.450. The highest BCUT2D eigenvalue weighted by Gasteiger charge is 2.39. The maximum Gasteiger partial charge on any atom is 0.241 e. The van der Waals surface area contributed by atoms with Crippen molar-refractivity contribution in [2.75, 3.05) is 44.8 Å². The van der Waals surface area contributed by atoms with Crippen LogP contribution >= 0.6 is 11.6 Å². The molecule has 39 heavy (non-hydrogen) atoms. The Morgan fingerprint density at radius 2 is 1.87 bits per heavy atom. The number of anilines is 1. The highest BCUT2D eigenvalue weighted by atomic mass is 35.5. The maximum absolute atomic E-state index is 15.0. The van der Waals surface area contributed by atoms with Crippen LogP contribution in [0.25, 0.3) is 0 Å². The number of nitrogens with two attached hydrogens (primary N) is 1. The summed E-state index contributed by atoms with van der Waals surface area (Å²) in [4.78, 5) is 17.5. The van der Waals surface area contributed by atoms with E-state index >= 15 is 4.39 Å². The Morgan fingerprint density at radius 1 is 1.15 bits per heavy atom. The Hall–Kier alpha value is -2.14. The van der Waals surface area contributed by atoms with E-state index in [-0.39, 0.29) is 29.4 Å². The average Bonchev–Trinajstić information content (AvgIpc) is 2.95. The molecule has 0 aliphatic carbocycles. The van der Waals surface area contributed by atoms with Gasteiger partial charge in [0.05, 0.1) is 35.8 Å². The van der Waals surface area contributed by atoms with E-state index in [1.165, 1.54) is 12.4 Å². The van der Waals surface area contributed by atoms with Gasteiger partial charge in [-0.3, -0.25) is 9.78 Å². The Kier molecular flexibility index (Phi) is 9.48. The summed E-state index contributed by atoms with van der Waals surface area (Å²) in [5, 5.41) is 7.00. The summed E-state index contributed by atoms with van der Waals surface area (Å²) >= 11 is 6.12. The number of benzene rings is 1. The Bertz CT molecular complexity index is 1100. The number of hydrogen-bond acceptors (Lipinski definition) is 7. The van der Waals surface area contributed by atoms with Crippen LogP contribution in [-0.4, -0.2) is 68.2 Å². The number of rotatable bonds is 8. The van der Waals surface area contributed by atoms with E-state index < -0.39 is 11.9 Å². The van der Waals surface area contributed by atoms with E-state index in [1.54, 1.807) is 0 Å². The van der Waals surface area contributed by atoms with Crippen molar-refractivity contribution >= 4 is 23.2 Å². The van der Waals surface area contributed by atoms with Crippen molar-refractivity contribution in [2.24, 2.45) is 11.7 Å². The summed E-state index contributed by atoms with van der Waals surface area (Å²) in [7, 11) is 0. The van der Waals surface area contributed by atoms with Gasteiger partial charge in [0.25, 0.3) is 0 Å². The minimum Gasteiger partial charge on any atom is -0.381 e. The lowest BCUT2D eigenvalue weighted by Gasteiger charge is -2.44. The predicted molar refractivity (Wildman–Crippen MR) is 147 cm³/mol. The monoisotopic (exact) mass is 560 g/mol. The molecule has 8 nitrogen and oxygen atoms in total. The molecule has 1 aromatic carbocycles. The van der Waals surface area contributed by atoms with Crippen LogP contribution < -0.4 is 16.4 Å². The van der Waals surface area contributed by atoms with Gasteiger partial charge < -0.3 is 30.6 Å². The van der Waals surface area contributed by atoms with E-state index in [0.717, 1.165) is 37.8 Å². The zero-order valence-corrected chi connectivity index (χ0v) is 22.9. The lowest BCUT2D eigenvalue weighted by atomic mass is 9.76. The fraction of sp³-hybridized carbons (Fsp3) is 0.586. The number of amides is 1. The summed E-state index contributed by atoms with van der Waals surface area (Å²) in [6.07, 6.45) is 6.95. The molecule has 1 spiro atoms. The third-order valence-corrected chi connectivity index (χ3v) is 8.59. The highest BCUT2D eigenvalue weighted by Crippen LogP contribution is 2.36. The molecule has 0 radical (unpaired) electrons. The smallest absolute Gasteiger partial charge is 0.241 e. The van der Waals surface area contributed by atoms with E-state index in [1.807, 2.05) is 24.3 Å². The lowest BCUT2D eigenvalue weighted by molar-refractivity contribution is -0.160. The number of halogens is 2. The van der Waals surface area contributed by atoms with E-state index in [4.69, 9.17) is 31.5 Å². The van der Waals surface area contributed by atoms with Crippen LogP contribution in [0.3, 0.4) is 0 Å². The molecule has 5 rings (SSSR count). The largest absolute Gasteiger partial charge is 0.381 e. The fourth-order valence-corrected chi connectivity index (χ4v) is 6.26.